The van der Waals surface area contributed by atoms with E-state index in [0.29, 0.717) is 19.1 Å². The number of ether oxygens (including phenoxy) is 1. The molecular formula is C15H22N2O2. The minimum absolute atomic E-state index is 0.363. The summed E-state index contributed by atoms with van der Waals surface area (Å²) in [5.74, 6) is -0.363. The third-order valence-electron chi connectivity index (χ3n) is 4.00. The summed E-state index contributed by atoms with van der Waals surface area (Å²) in [6, 6.07) is 9.60. The molecule has 0 heterocycles. The van der Waals surface area contributed by atoms with Crippen molar-refractivity contribution < 1.29 is 9.53 Å². The summed E-state index contributed by atoms with van der Waals surface area (Å²) in [5.41, 5.74) is 5.67. The summed E-state index contributed by atoms with van der Waals surface area (Å²) >= 11 is 0. The molecule has 1 atom stereocenters. The fraction of sp³-hybridized carbons (Fsp3) is 0.533. The second kappa shape index (κ2) is 6.17. The molecule has 1 aromatic rings. The van der Waals surface area contributed by atoms with Crippen molar-refractivity contribution in [3.05, 3.63) is 35.9 Å². The number of hydrogen-bond donors (Lipinski definition) is 2. The van der Waals surface area contributed by atoms with E-state index >= 15 is 0 Å². The van der Waals surface area contributed by atoms with Crippen LogP contribution in [0.3, 0.4) is 0 Å². The van der Waals surface area contributed by atoms with Crippen LogP contribution in [0.15, 0.2) is 30.3 Å². The van der Waals surface area contributed by atoms with Crippen molar-refractivity contribution in [2.75, 3.05) is 13.7 Å². The highest BCUT2D eigenvalue weighted by Gasteiger charge is 2.36. The van der Waals surface area contributed by atoms with Crippen LogP contribution in [0.4, 0.5) is 0 Å². The van der Waals surface area contributed by atoms with Crippen LogP contribution < -0.4 is 11.1 Å². The Morgan fingerprint density at radius 3 is 2.58 bits per heavy atom. The van der Waals surface area contributed by atoms with E-state index in [1.807, 2.05) is 30.3 Å². The molecule has 0 aliphatic heterocycles. The van der Waals surface area contributed by atoms with E-state index in [1.165, 1.54) is 6.42 Å². The van der Waals surface area contributed by atoms with E-state index in [4.69, 9.17) is 10.5 Å². The zero-order chi connectivity index (χ0) is 13.7. The molecule has 3 N–H and O–H groups in total. The number of rotatable bonds is 7. The molecule has 1 aromatic carbocycles. The smallest absolute Gasteiger partial charge is 0.242 e. The van der Waals surface area contributed by atoms with Crippen molar-refractivity contribution in [3.8, 4) is 0 Å². The molecule has 0 spiro atoms. The van der Waals surface area contributed by atoms with Gasteiger partial charge in [-0.1, -0.05) is 30.3 Å². The van der Waals surface area contributed by atoms with E-state index in [2.05, 4.69) is 5.32 Å². The van der Waals surface area contributed by atoms with Gasteiger partial charge in [0.05, 0.1) is 6.10 Å². The molecule has 1 unspecified atom stereocenters. The normalized spacial score (nSPS) is 18.6. The predicted molar refractivity (Wildman–Crippen MR) is 74.6 cm³/mol. The zero-order valence-electron chi connectivity index (χ0n) is 11.4. The number of nitrogens with two attached hydrogens (primary N) is 1. The number of carbonyl (C=O) groups excluding carboxylic acids is 1. The maximum atomic E-state index is 11.9. The van der Waals surface area contributed by atoms with Crippen LogP contribution >= 0.6 is 0 Å². The maximum Gasteiger partial charge on any atom is 0.242 e. The van der Waals surface area contributed by atoms with Crippen LogP contribution in [0.5, 0.6) is 0 Å². The summed E-state index contributed by atoms with van der Waals surface area (Å²) in [7, 11) is 1.76. The fourth-order valence-corrected chi connectivity index (χ4v) is 2.44. The Morgan fingerprint density at radius 1 is 1.42 bits per heavy atom. The van der Waals surface area contributed by atoms with E-state index in [9.17, 15) is 4.79 Å². The van der Waals surface area contributed by atoms with Gasteiger partial charge in [-0.3, -0.25) is 4.79 Å². The first-order valence-electron chi connectivity index (χ1n) is 6.85. The second-order valence-corrected chi connectivity index (χ2v) is 5.06. The van der Waals surface area contributed by atoms with Crippen molar-refractivity contribution in [1.29, 1.82) is 0 Å². The highest BCUT2D eigenvalue weighted by molar-refractivity contribution is 5.86. The van der Waals surface area contributed by atoms with E-state index < -0.39 is 5.54 Å². The number of carbonyl (C=O) groups is 1. The van der Waals surface area contributed by atoms with Crippen LogP contribution in [0.1, 0.15) is 31.2 Å². The molecular weight excluding hydrogens is 240 g/mol. The number of likely N-dealkylation sites (N-methyl/N-ethyl adjacent to an activating group) is 1. The predicted octanol–water partition coefficient (Wildman–Crippen LogP) is 1.55. The lowest BCUT2D eigenvalue weighted by Gasteiger charge is -2.32. The first kappa shape index (κ1) is 14.0. The topological polar surface area (TPSA) is 64.3 Å². The summed E-state index contributed by atoms with van der Waals surface area (Å²) in [6.45, 7) is 0.545. The van der Waals surface area contributed by atoms with Crippen molar-refractivity contribution in [3.63, 3.8) is 0 Å². The van der Waals surface area contributed by atoms with Gasteiger partial charge in [0.25, 0.3) is 0 Å². The second-order valence-electron chi connectivity index (χ2n) is 5.06. The van der Waals surface area contributed by atoms with Gasteiger partial charge in [-0.25, -0.2) is 0 Å². The lowest BCUT2D eigenvalue weighted by atomic mass is 9.86. The Kier molecular flexibility index (Phi) is 4.56. The van der Waals surface area contributed by atoms with Crippen LogP contribution in [-0.4, -0.2) is 25.7 Å². The SMILES string of the molecule is CNC(CCOC1CCC1)(C(N)=O)c1ccccc1. The number of hydrogen-bond acceptors (Lipinski definition) is 3. The van der Waals surface area contributed by atoms with Crippen molar-refractivity contribution >= 4 is 5.91 Å². The molecule has 2 rings (SSSR count). The summed E-state index contributed by atoms with van der Waals surface area (Å²) in [6.07, 6.45) is 4.44. The third kappa shape index (κ3) is 2.96. The van der Waals surface area contributed by atoms with Gasteiger partial charge in [0.15, 0.2) is 0 Å². The standard InChI is InChI=1S/C15H22N2O2/c1-17-15(14(16)18,12-6-3-2-4-7-12)10-11-19-13-8-5-9-13/h2-4,6-7,13,17H,5,8-11H2,1H3,(H2,16,18). The molecule has 104 valence electrons. The maximum absolute atomic E-state index is 11.9. The molecule has 1 amide bonds. The van der Waals surface area contributed by atoms with Gasteiger partial charge in [0.2, 0.25) is 5.91 Å². The van der Waals surface area contributed by atoms with Crippen molar-refractivity contribution in [2.45, 2.75) is 37.3 Å². The zero-order valence-corrected chi connectivity index (χ0v) is 11.4. The van der Waals surface area contributed by atoms with Crippen LogP contribution in [0.25, 0.3) is 0 Å². The van der Waals surface area contributed by atoms with Gasteiger partial charge in [0, 0.05) is 13.0 Å². The molecule has 1 aliphatic rings. The van der Waals surface area contributed by atoms with Crippen LogP contribution in [-0.2, 0) is 15.1 Å². The number of nitrogens with one attached hydrogen (secondary N) is 1. The highest BCUT2D eigenvalue weighted by atomic mass is 16.5. The van der Waals surface area contributed by atoms with Gasteiger partial charge in [-0.2, -0.15) is 0 Å². The lowest BCUT2D eigenvalue weighted by molar-refractivity contribution is -0.126. The summed E-state index contributed by atoms with van der Waals surface area (Å²) in [4.78, 5) is 11.9. The third-order valence-corrected chi connectivity index (χ3v) is 4.00. The number of benzene rings is 1. The molecule has 1 saturated carbocycles. The summed E-state index contributed by atoms with van der Waals surface area (Å²) in [5, 5.41) is 3.09. The molecule has 1 aliphatic carbocycles. The average molecular weight is 262 g/mol. The summed E-state index contributed by atoms with van der Waals surface area (Å²) < 4.78 is 5.76. The largest absolute Gasteiger partial charge is 0.378 e. The molecule has 0 aromatic heterocycles. The molecule has 19 heavy (non-hydrogen) atoms. The minimum Gasteiger partial charge on any atom is -0.378 e. The molecule has 0 saturated heterocycles. The quantitative estimate of drug-likeness (QED) is 0.783. The monoisotopic (exact) mass is 262 g/mol. The van der Waals surface area contributed by atoms with Gasteiger partial charge in [-0.15, -0.1) is 0 Å². The molecule has 0 bridgehead atoms. The van der Waals surface area contributed by atoms with Gasteiger partial charge in [-0.05, 0) is 31.9 Å². The first-order valence-corrected chi connectivity index (χ1v) is 6.85. The van der Waals surface area contributed by atoms with Crippen LogP contribution in [0.2, 0.25) is 0 Å². The Hall–Kier alpha value is -1.39. The Balaban J connectivity index is 2.07. The number of amides is 1. The minimum atomic E-state index is -0.842. The van der Waals surface area contributed by atoms with E-state index in [1.54, 1.807) is 7.05 Å². The van der Waals surface area contributed by atoms with Crippen molar-refractivity contribution in [1.82, 2.24) is 5.32 Å². The van der Waals surface area contributed by atoms with Crippen LogP contribution in [0, 0.1) is 0 Å². The molecule has 1 fully saturated rings. The Labute approximate surface area is 114 Å². The van der Waals surface area contributed by atoms with Gasteiger partial charge in [0.1, 0.15) is 5.54 Å². The molecule has 0 radical (unpaired) electrons. The van der Waals surface area contributed by atoms with E-state index in [-0.39, 0.29) is 5.91 Å². The Bertz CT molecular complexity index is 417. The fourth-order valence-electron chi connectivity index (χ4n) is 2.44. The molecule has 4 heteroatoms. The Morgan fingerprint density at radius 2 is 2.11 bits per heavy atom. The van der Waals surface area contributed by atoms with E-state index in [0.717, 1.165) is 18.4 Å². The van der Waals surface area contributed by atoms with Crippen molar-refractivity contribution in [2.24, 2.45) is 5.73 Å². The van der Waals surface area contributed by atoms with Gasteiger partial charge >= 0.3 is 0 Å². The first-order chi connectivity index (χ1) is 9.19. The highest BCUT2D eigenvalue weighted by Crippen LogP contribution is 2.27. The number of primary amides is 1. The molecule has 4 nitrogen and oxygen atoms in total. The van der Waals surface area contributed by atoms with Gasteiger partial charge < -0.3 is 15.8 Å². The average Bonchev–Trinajstić information content (AvgIpc) is 2.38. The lowest BCUT2D eigenvalue weighted by Crippen LogP contribution is -2.52.